The monoisotopic (exact) mass is 125 g/mol. The summed E-state index contributed by atoms with van der Waals surface area (Å²) in [5.74, 6) is 2.71. The molecule has 2 unspecified atom stereocenters. The predicted octanol–water partition coefficient (Wildman–Crippen LogP) is 1.38. The molecule has 0 saturated heterocycles. The Morgan fingerprint density at radius 3 is 2.22 bits per heavy atom. The number of nitrogens with two attached hydrogens (primary N) is 1. The second-order valence-electron chi connectivity index (χ2n) is 3.77. The Morgan fingerprint density at radius 2 is 1.89 bits per heavy atom. The molecule has 2 bridgehead atoms. The first-order chi connectivity index (χ1) is 4.29. The van der Waals surface area contributed by atoms with Crippen molar-refractivity contribution in [2.24, 2.45) is 23.5 Å². The molecule has 2 aliphatic carbocycles. The minimum Gasteiger partial charge on any atom is -0.327 e. The molecular weight excluding hydrogens is 110 g/mol. The number of fused-ring (bicyclic) bond motifs is 2. The first-order valence-corrected chi connectivity index (χ1v) is 4.04. The zero-order chi connectivity index (χ0) is 6.43. The second kappa shape index (κ2) is 1.72. The van der Waals surface area contributed by atoms with Gasteiger partial charge in [0.15, 0.2) is 0 Å². The topological polar surface area (TPSA) is 26.0 Å². The highest BCUT2D eigenvalue weighted by atomic mass is 14.7. The van der Waals surface area contributed by atoms with Crippen molar-refractivity contribution in [3.63, 3.8) is 0 Å². The highest BCUT2D eigenvalue weighted by Gasteiger charge is 2.42. The summed E-state index contributed by atoms with van der Waals surface area (Å²) in [4.78, 5) is 0. The minimum atomic E-state index is 0.545. The number of rotatable bonds is 0. The SMILES string of the molecule is C[C@@H]1C2CCC(C2)[C@@H]1N. The van der Waals surface area contributed by atoms with Crippen LogP contribution >= 0.6 is 0 Å². The maximum absolute atomic E-state index is 5.96. The molecule has 0 aromatic rings. The van der Waals surface area contributed by atoms with Crippen molar-refractivity contribution in [3.8, 4) is 0 Å². The maximum atomic E-state index is 5.96. The molecule has 1 heteroatoms. The van der Waals surface area contributed by atoms with Gasteiger partial charge in [0, 0.05) is 6.04 Å². The van der Waals surface area contributed by atoms with Crippen LogP contribution in [0, 0.1) is 17.8 Å². The van der Waals surface area contributed by atoms with E-state index in [1.807, 2.05) is 0 Å². The number of hydrogen-bond acceptors (Lipinski definition) is 1. The molecule has 2 saturated carbocycles. The summed E-state index contributed by atoms with van der Waals surface area (Å²) in [6.45, 7) is 2.31. The van der Waals surface area contributed by atoms with Crippen LogP contribution in [0.4, 0.5) is 0 Å². The largest absolute Gasteiger partial charge is 0.327 e. The van der Waals surface area contributed by atoms with Crippen molar-refractivity contribution in [2.45, 2.75) is 32.2 Å². The van der Waals surface area contributed by atoms with Crippen LogP contribution in [0.15, 0.2) is 0 Å². The van der Waals surface area contributed by atoms with Crippen molar-refractivity contribution < 1.29 is 0 Å². The van der Waals surface area contributed by atoms with Gasteiger partial charge < -0.3 is 5.73 Å². The van der Waals surface area contributed by atoms with E-state index in [2.05, 4.69) is 6.92 Å². The normalized spacial score (nSPS) is 56.7. The lowest BCUT2D eigenvalue weighted by atomic mass is 9.87. The Labute approximate surface area is 56.6 Å². The maximum Gasteiger partial charge on any atom is 0.00957 e. The van der Waals surface area contributed by atoms with Gasteiger partial charge in [0.25, 0.3) is 0 Å². The minimum absolute atomic E-state index is 0.545. The van der Waals surface area contributed by atoms with Crippen LogP contribution in [0.3, 0.4) is 0 Å². The fraction of sp³-hybridized carbons (Fsp3) is 1.00. The van der Waals surface area contributed by atoms with E-state index in [1.165, 1.54) is 19.3 Å². The second-order valence-corrected chi connectivity index (χ2v) is 3.77. The first-order valence-electron chi connectivity index (χ1n) is 4.04. The molecule has 52 valence electrons. The molecule has 4 atom stereocenters. The van der Waals surface area contributed by atoms with Gasteiger partial charge in [0.05, 0.1) is 0 Å². The van der Waals surface area contributed by atoms with Gasteiger partial charge >= 0.3 is 0 Å². The predicted molar refractivity (Wildman–Crippen MR) is 38.0 cm³/mol. The highest BCUT2D eigenvalue weighted by molar-refractivity contribution is 4.96. The van der Waals surface area contributed by atoms with Gasteiger partial charge in [-0.05, 0) is 37.0 Å². The highest BCUT2D eigenvalue weighted by Crippen LogP contribution is 2.47. The molecular formula is C8H15N. The van der Waals surface area contributed by atoms with Gasteiger partial charge in [-0.25, -0.2) is 0 Å². The van der Waals surface area contributed by atoms with Crippen LogP contribution in [-0.2, 0) is 0 Å². The molecule has 0 spiro atoms. The summed E-state index contributed by atoms with van der Waals surface area (Å²) in [6, 6.07) is 0.545. The van der Waals surface area contributed by atoms with Crippen molar-refractivity contribution in [3.05, 3.63) is 0 Å². The Kier molecular flexibility index (Phi) is 1.10. The van der Waals surface area contributed by atoms with Gasteiger partial charge in [-0.15, -0.1) is 0 Å². The van der Waals surface area contributed by atoms with Gasteiger partial charge in [-0.3, -0.25) is 0 Å². The Morgan fingerprint density at radius 1 is 1.22 bits per heavy atom. The molecule has 0 aliphatic heterocycles. The molecule has 2 N–H and O–H groups in total. The lowest BCUT2D eigenvalue weighted by Gasteiger charge is -2.23. The van der Waals surface area contributed by atoms with Crippen molar-refractivity contribution in [2.75, 3.05) is 0 Å². The molecule has 2 rings (SSSR count). The van der Waals surface area contributed by atoms with Crippen LogP contribution in [0.2, 0.25) is 0 Å². The van der Waals surface area contributed by atoms with Gasteiger partial charge in [0.2, 0.25) is 0 Å². The van der Waals surface area contributed by atoms with E-state index in [1.54, 1.807) is 0 Å². The third-order valence-electron chi connectivity index (χ3n) is 3.41. The fourth-order valence-electron chi connectivity index (χ4n) is 2.62. The third kappa shape index (κ3) is 0.644. The molecule has 2 fully saturated rings. The summed E-state index contributed by atoms with van der Waals surface area (Å²) < 4.78 is 0. The zero-order valence-electron chi connectivity index (χ0n) is 6.01. The average molecular weight is 125 g/mol. The van der Waals surface area contributed by atoms with Crippen LogP contribution in [0.1, 0.15) is 26.2 Å². The van der Waals surface area contributed by atoms with E-state index < -0.39 is 0 Å². The summed E-state index contributed by atoms with van der Waals surface area (Å²) in [5.41, 5.74) is 5.96. The van der Waals surface area contributed by atoms with Gasteiger partial charge in [-0.2, -0.15) is 0 Å². The quantitative estimate of drug-likeness (QED) is 0.520. The first kappa shape index (κ1) is 5.72. The Bertz CT molecular complexity index is 104. The summed E-state index contributed by atoms with van der Waals surface area (Å²) in [5, 5.41) is 0. The van der Waals surface area contributed by atoms with E-state index in [-0.39, 0.29) is 0 Å². The van der Waals surface area contributed by atoms with E-state index in [4.69, 9.17) is 5.73 Å². The lowest BCUT2D eigenvalue weighted by molar-refractivity contribution is 0.312. The summed E-state index contributed by atoms with van der Waals surface area (Å²) >= 11 is 0. The smallest absolute Gasteiger partial charge is 0.00957 e. The molecule has 0 amide bonds. The third-order valence-corrected chi connectivity index (χ3v) is 3.41. The van der Waals surface area contributed by atoms with Gasteiger partial charge in [-0.1, -0.05) is 6.92 Å². The molecule has 0 heterocycles. The van der Waals surface area contributed by atoms with E-state index in [0.717, 1.165) is 17.8 Å². The standard InChI is InChI=1S/C8H15N/c1-5-6-2-3-7(4-6)8(5)9/h5-8H,2-4,9H2,1H3/t5-,6?,7?,8-/m1/s1. The van der Waals surface area contributed by atoms with Crippen LogP contribution < -0.4 is 5.73 Å². The zero-order valence-corrected chi connectivity index (χ0v) is 6.01. The number of hydrogen-bond donors (Lipinski definition) is 1. The van der Waals surface area contributed by atoms with Crippen molar-refractivity contribution >= 4 is 0 Å². The van der Waals surface area contributed by atoms with Crippen LogP contribution in [-0.4, -0.2) is 6.04 Å². The van der Waals surface area contributed by atoms with Crippen molar-refractivity contribution in [1.29, 1.82) is 0 Å². The van der Waals surface area contributed by atoms with E-state index in [0.29, 0.717) is 6.04 Å². The molecule has 2 aliphatic rings. The van der Waals surface area contributed by atoms with Gasteiger partial charge in [0.1, 0.15) is 0 Å². The molecule has 1 nitrogen and oxygen atoms in total. The Balaban J connectivity index is 2.15. The van der Waals surface area contributed by atoms with E-state index >= 15 is 0 Å². The molecule has 0 radical (unpaired) electrons. The molecule has 0 aromatic heterocycles. The average Bonchev–Trinajstić information content (AvgIpc) is 2.37. The summed E-state index contributed by atoms with van der Waals surface area (Å²) in [7, 11) is 0. The molecule has 0 aromatic carbocycles. The summed E-state index contributed by atoms with van der Waals surface area (Å²) in [6.07, 6.45) is 4.30. The lowest BCUT2D eigenvalue weighted by Crippen LogP contribution is -2.33. The van der Waals surface area contributed by atoms with E-state index in [9.17, 15) is 0 Å². The van der Waals surface area contributed by atoms with Crippen LogP contribution in [0.5, 0.6) is 0 Å². The van der Waals surface area contributed by atoms with Crippen molar-refractivity contribution in [1.82, 2.24) is 0 Å². The fourth-order valence-corrected chi connectivity index (χ4v) is 2.62. The Hall–Kier alpha value is -0.0400. The van der Waals surface area contributed by atoms with Crippen LogP contribution in [0.25, 0.3) is 0 Å². The molecule has 9 heavy (non-hydrogen) atoms.